The molecule has 3 N–H and O–H groups in total. The summed E-state index contributed by atoms with van der Waals surface area (Å²) in [7, 11) is 0. The Morgan fingerprint density at radius 3 is 3.07 bits per heavy atom. The van der Waals surface area contributed by atoms with E-state index < -0.39 is 0 Å². The highest BCUT2D eigenvalue weighted by molar-refractivity contribution is 5.03. The van der Waals surface area contributed by atoms with Crippen molar-refractivity contribution in [2.75, 3.05) is 0 Å². The Morgan fingerprint density at radius 2 is 2.40 bits per heavy atom. The van der Waals surface area contributed by atoms with Gasteiger partial charge in [0, 0.05) is 12.1 Å². The van der Waals surface area contributed by atoms with Crippen molar-refractivity contribution in [2.24, 2.45) is 5.73 Å². The van der Waals surface area contributed by atoms with E-state index in [1.54, 1.807) is 6.26 Å². The maximum absolute atomic E-state index is 5.96. The number of rotatable bonds is 3. The molecule has 0 aliphatic heterocycles. The fraction of sp³-hybridized carbons (Fsp3) is 0.667. The first kappa shape index (κ1) is 10.7. The molecule has 1 saturated carbocycles. The molecule has 0 spiro atoms. The monoisotopic (exact) mass is 208 g/mol. The van der Waals surface area contributed by atoms with Gasteiger partial charge in [-0.05, 0) is 38.3 Å². The van der Waals surface area contributed by atoms with Gasteiger partial charge >= 0.3 is 0 Å². The standard InChI is InChI=1S/C12H20N2O/c1-9(12-6-3-7-15-12)14-11-5-2-4-10(13)8-11/h3,6-7,9-11,14H,2,4-5,8,13H2,1H3. The number of nitrogens with two attached hydrogens (primary N) is 1. The van der Waals surface area contributed by atoms with E-state index in [2.05, 4.69) is 12.2 Å². The lowest BCUT2D eigenvalue weighted by Gasteiger charge is -2.29. The van der Waals surface area contributed by atoms with Gasteiger partial charge in [-0.3, -0.25) is 0 Å². The SMILES string of the molecule is CC(NC1CCCC(N)C1)c1ccco1. The number of furan rings is 1. The van der Waals surface area contributed by atoms with Crippen molar-refractivity contribution in [3.63, 3.8) is 0 Å². The first-order chi connectivity index (χ1) is 7.25. The molecule has 1 fully saturated rings. The van der Waals surface area contributed by atoms with Crippen molar-refractivity contribution < 1.29 is 4.42 Å². The molecule has 3 heteroatoms. The predicted octanol–water partition coefficient (Wildman–Crippen LogP) is 2.20. The van der Waals surface area contributed by atoms with Crippen LogP contribution in [-0.2, 0) is 0 Å². The Hall–Kier alpha value is -0.800. The number of hydrogen-bond donors (Lipinski definition) is 2. The van der Waals surface area contributed by atoms with Gasteiger partial charge in [0.2, 0.25) is 0 Å². The number of nitrogens with one attached hydrogen (secondary N) is 1. The Morgan fingerprint density at radius 1 is 1.53 bits per heavy atom. The molecule has 1 aliphatic rings. The van der Waals surface area contributed by atoms with E-state index in [0.717, 1.165) is 12.2 Å². The van der Waals surface area contributed by atoms with Crippen LogP contribution in [0.1, 0.15) is 44.4 Å². The van der Waals surface area contributed by atoms with E-state index in [-0.39, 0.29) is 6.04 Å². The van der Waals surface area contributed by atoms with Crippen LogP contribution in [0.2, 0.25) is 0 Å². The smallest absolute Gasteiger partial charge is 0.120 e. The average Bonchev–Trinajstić information content (AvgIpc) is 2.70. The van der Waals surface area contributed by atoms with Crippen molar-refractivity contribution in [3.8, 4) is 0 Å². The highest BCUT2D eigenvalue weighted by atomic mass is 16.3. The summed E-state index contributed by atoms with van der Waals surface area (Å²) in [6, 6.07) is 5.16. The highest BCUT2D eigenvalue weighted by Gasteiger charge is 2.21. The molecule has 0 aromatic carbocycles. The second kappa shape index (κ2) is 4.81. The van der Waals surface area contributed by atoms with Gasteiger partial charge in [0.15, 0.2) is 0 Å². The highest BCUT2D eigenvalue weighted by Crippen LogP contribution is 2.21. The zero-order valence-corrected chi connectivity index (χ0v) is 9.28. The molecule has 2 rings (SSSR count). The summed E-state index contributed by atoms with van der Waals surface area (Å²) in [6.07, 6.45) is 6.46. The molecule has 84 valence electrons. The third-order valence-electron chi connectivity index (χ3n) is 3.17. The maximum Gasteiger partial charge on any atom is 0.120 e. The van der Waals surface area contributed by atoms with E-state index in [1.807, 2.05) is 12.1 Å². The van der Waals surface area contributed by atoms with Crippen LogP contribution < -0.4 is 11.1 Å². The van der Waals surface area contributed by atoms with Crippen LogP contribution in [0.4, 0.5) is 0 Å². The summed E-state index contributed by atoms with van der Waals surface area (Å²) >= 11 is 0. The second-order valence-electron chi connectivity index (χ2n) is 4.53. The van der Waals surface area contributed by atoms with Crippen LogP contribution in [-0.4, -0.2) is 12.1 Å². The molecular weight excluding hydrogens is 188 g/mol. The van der Waals surface area contributed by atoms with Crippen LogP contribution in [0.15, 0.2) is 22.8 Å². The van der Waals surface area contributed by atoms with E-state index in [9.17, 15) is 0 Å². The van der Waals surface area contributed by atoms with Gasteiger partial charge in [0.25, 0.3) is 0 Å². The molecule has 1 heterocycles. The quantitative estimate of drug-likeness (QED) is 0.800. The number of hydrogen-bond acceptors (Lipinski definition) is 3. The van der Waals surface area contributed by atoms with Gasteiger partial charge in [-0.15, -0.1) is 0 Å². The predicted molar refractivity (Wildman–Crippen MR) is 60.5 cm³/mol. The first-order valence-corrected chi connectivity index (χ1v) is 5.80. The van der Waals surface area contributed by atoms with E-state index in [0.29, 0.717) is 12.1 Å². The lowest BCUT2D eigenvalue weighted by molar-refractivity contribution is 0.302. The zero-order chi connectivity index (χ0) is 10.7. The third kappa shape index (κ3) is 2.83. The summed E-state index contributed by atoms with van der Waals surface area (Å²) in [6.45, 7) is 2.14. The van der Waals surface area contributed by atoms with Crippen LogP contribution >= 0.6 is 0 Å². The van der Waals surface area contributed by atoms with E-state index in [1.165, 1.54) is 19.3 Å². The molecule has 3 nitrogen and oxygen atoms in total. The van der Waals surface area contributed by atoms with Gasteiger partial charge < -0.3 is 15.5 Å². The molecule has 1 aromatic rings. The molecule has 3 unspecified atom stereocenters. The largest absolute Gasteiger partial charge is 0.468 e. The van der Waals surface area contributed by atoms with Gasteiger partial charge in [0.1, 0.15) is 5.76 Å². The van der Waals surface area contributed by atoms with E-state index in [4.69, 9.17) is 10.2 Å². The Labute approximate surface area is 91.0 Å². The minimum absolute atomic E-state index is 0.287. The van der Waals surface area contributed by atoms with Crippen LogP contribution in [0, 0.1) is 0 Å². The molecule has 0 amide bonds. The molecule has 0 bridgehead atoms. The van der Waals surface area contributed by atoms with Crippen LogP contribution in [0.25, 0.3) is 0 Å². The summed E-state index contributed by atoms with van der Waals surface area (Å²) < 4.78 is 5.37. The normalized spacial score (nSPS) is 28.9. The second-order valence-corrected chi connectivity index (χ2v) is 4.53. The fourth-order valence-electron chi connectivity index (χ4n) is 2.35. The molecular formula is C12H20N2O. The van der Waals surface area contributed by atoms with Crippen molar-refractivity contribution in [1.29, 1.82) is 0 Å². The molecule has 0 radical (unpaired) electrons. The summed E-state index contributed by atoms with van der Waals surface area (Å²) in [5.41, 5.74) is 5.96. The van der Waals surface area contributed by atoms with E-state index >= 15 is 0 Å². The topological polar surface area (TPSA) is 51.2 Å². The fourth-order valence-corrected chi connectivity index (χ4v) is 2.35. The van der Waals surface area contributed by atoms with Crippen molar-refractivity contribution in [1.82, 2.24) is 5.32 Å². The third-order valence-corrected chi connectivity index (χ3v) is 3.17. The summed E-state index contributed by atoms with van der Waals surface area (Å²) in [5.74, 6) is 1.01. The van der Waals surface area contributed by atoms with Gasteiger partial charge in [0.05, 0.1) is 12.3 Å². The molecule has 1 aliphatic carbocycles. The minimum Gasteiger partial charge on any atom is -0.468 e. The molecule has 3 atom stereocenters. The summed E-state index contributed by atoms with van der Waals surface area (Å²) in [4.78, 5) is 0. The first-order valence-electron chi connectivity index (χ1n) is 5.80. The van der Waals surface area contributed by atoms with Gasteiger partial charge in [-0.2, -0.15) is 0 Å². The summed E-state index contributed by atoms with van der Waals surface area (Å²) in [5, 5.41) is 3.58. The average molecular weight is 208 g/mol. The van der Waals surface area contributed by atoms with Crippen LogP contribution in [0.3, 0.4) is 0 Å². The minimum atomic E-state index is 0.287. The van der Waals surface area contributed by atoms with Crippen molar-refractivity contribution in [2.45, 2.75) is 50.7 Å². The van der Waals surface area contributed by atoms with Gasteiger partial charge in [-0.25, -0.2) is 0 Å². The molecule has 1 aromatic heterocycles. The van der Waals surface area contributed by atoms with Gasteiger partial charge in [-0.1, -0.05) is 6.42 Å². The van der Waals surface area contributed by atoms with Crippen molar-refractivity contribution >= 4 is 0 Å². The Kier molecular flexibility index (Phi) is 3.44. The zero-order valence-electron chi connectivity index (χ0n) is 9.28. The maximum atomic E-state index is 5.96. The van der Waals surface area contributed by atoms with Crippen LogP contribution in [0.5, 0.6) is 0 Å². The Balaban J connectivity index is 1.86. The lowest BCUT2D eigenvalue weighted by Crippen LogP contribution is -2.40. The molecule has 0 saturated heterocycles. The Bertz CT molecular complexity index is 284. The molecule has 15 heavy (non-hydrogen) atoms. The van der Waals surface area contributed by atoms with Crippen molar-refractivity contribution in [3.05, 3.63) is 24.2 Å². The lowest BCUT2D eigenvalue weighted by atomic mass is 9.91.